The zero-order chi connectivity index (χ0) is 9.38. The monoisotopic (exact) mass is 182 g/mol. The summed E-state index contributed by atoms with van der Waals surface area (Å²) in [6, 6.07) is 10.6. The third kappa shape index (κ3) is 1.31. The molecular weight excluding hydrogens is 168 g/mol. The fourth-order valence-electron chi connectivity index (χ4n) is 2.42. The number of hydrogen-bond donors (Lipinski definition) is 0. The van der Waals surface area contributed by atoms with Gasteiger partial charge in [-0.15, -0.1) is 0 Å². The van der Waals surface area contributed by atoms with Gasteiger partial charge in [0.05, 0.1) is 0 Å². The third-order valence-corrected chi connectivity index (χ3v) is 3.26. The lowest BCUT2D eigenvalue weighted by atomic mass is 10.1. The lowest BCUT2D eigenvalue weighted by molar-refractivity contribution is 0.689. The van der Waals surface area contributed by atoms with Crippen molar-refractivity contribution in [2.45, 2.75) is 12.8 Å². The molecule has 1 fully saturated rings. The largest absolute Gasteiger partial charge is 0.0879 e. The van der Waals surface area contributed by atoms with Crippen LogP contribution in [0.1, 0.15) is 18.4 Å². The van der Waals surface area contributed by atoms with E-state index in [0.717, 1.165) is 11.8 Å². The minimum atomic E-state index is 0.781. The zero-order valence-electron chi connectivity index (χ0n) is 8.19. The van der Waals surface area contributed by atoms with Crippen molar-refractivity contribution in [1.29, 1.82) is 0 Å². The van der Waals surface area contributed by atoms with Gasteiger partial charge in [0, 0.05) is 5.92 Å². The quantitative estimate of drug-likeness (QED) is 0.581. The number of rotatable bonds is 1. The predicted octanol–water partition coefficient (Wildman–Crippen LogP) is 3.67. The van der Waals surface area contributed by atoms with Crippen molar-refractivity contribution >= 4 is 6.08 Å². The van der Waals surface area contributed by atoms with Crippen molar-refractivity contribution in [2.75, 3.05) is 0 Å². The fourth-order valence-corrected chi connectivity index (χ4v) is 2.42. The minimum Gasteiger partial charge on any atom is -0.0879 e. The summed E-state index contributed by atoms with van der Waals surface area (Å²) in [5.41, 5.74) is 3.00. The number of fused-ring (bicyclic) bond motifs is 1. The van der Waals surface area contributed by atoms with Crippen LogP contribution in [0.4, 0.5) is 0 Å². The highest BCUT2D eigenvalue weighted by molar-refractivity contribution is 5.60. The van der Waals surface area contributed by atoms with Gasteiger partial charge in [-0.05, 0) is 24.3 Å². The summed E-state index contributed by atoms with van der Waals surface area (Å²) in [6.07, 6.45) is 9.70. The van der Waals surface area contributed by atoms with Crippen LogP contribution in [-0.4, -0.2) is 0 Å². The van der Waals surface area contributed by atoms with Gasteiger partial charge in [0.25, 0.3) is 0 Å². The molecule has 0 aliphatic heterocycles. The van der Waals surface area contributed by atoms with Crippen LogP contribution in [-0.2, 0) is 0 Å². The molecule has 0 N–H and O–H groups in total. The first-order valence-electron chi connectivity index (χ1n) is 5.38. The molecule has 1 aromatic carbocycles. The Bertz CT molecular complexity index is 384. The van der Waals surface area contributed by atoms with Gasteiger partial charge in [0.15, 0.2) is 0 Å². The molecule has 0 bridgehead atoms. The van der Waals surface area contributed by atoms with Crippen LogP contribution >= 0.6 is 0 Å². The van der Waals surface area contributed by atoms with E-state index in [-0.39, 0.29) is 0 Å². The summed E-state index contributed by atoms with van der Waals surface area (Å²) in [4.78, 5) is 0. The zero-order valence-corrected chi connectivity index (χ0v) is 8.19. The summed E-state index contributed by atoms with van der Waals surface area (Å²) in [5, 5.41) is 0. The summed E-state index contributed by atoms with van der Waals surface area (Å²) < 4.78 is 0. The van der Waals surface area contributed by atoms with Crippen molar-refractivity contribution in [3.63, 3.8) is 0 Å². The molecule has 0 spiro atoms. The van der Waals surface area contributed by atoms with Crippen molar-refractivity contribution in [1.82, 2.24) is 0 Å². The second-order valence-corrected chi connectivity index (χ2v) is 4.19. The maximum absolute atomic E-state index is 2.38. The molecule has 0 heterocycles. The number of allylic oxidation sites excluding steroid dienone is 3. The molecule has 14 heavy (non-hydrogen) atoms. The van der Waals surface area contributed by atoms with Gasteiger partial charge in [-0.25, -0.2) is 0 Å². The van der Waals surface area contributed by atoms with E-state index in [1.54, 1.807) is 5.57 Å². The molecule has 0 heteroatoms. The van der Waals surface area contributed by atoms with Crippen LogP contribution in [0.2, 0.25) is 0 Å². The van der Waals surface area contributed by atoms with Gasteiger partial charge >= 0.3 is 0 Å². The third-order valence-electron chi connectivity index (χ3n) is 3.26. The average Bonchev–Trinajstić information content (AvgIpc) is 2.94. The molecule has 3 rings (SSSR count). The molecule has 2 aliphatic rings. The van der Waals surface area contributed by atoms with E-state index < -0.39 is 0 Å². The first-order valence-corrected chi connectivity index (χ1v) is 5.38. The highest BCUT2D eigenvalue weighted by Gasteiger charge is 2.42. The van der Waals surface area contributed by atoms with E-state index in [4.69, 9.17) is 0 Å². The van der Waals surface area contributed by atoms with E-state index in [1.165, 1.54) is 18.4 Å². The van der Waals surface area contributed by atoms with Gasteiger partial charge in [-0.1, -0.05) is 54.1 Å². The molecule has 1 aromatic rings. The molecule has 1 saturated carbocycles. The second kappa shape index (κ2) is 3.13. The van der Waals surface area contributed by atoms with Crippen LogP contribution in [0.25, 0.3) is 6.08 Å². The van der Waals surface area contributed by atoms with Crippen molar-refractivity contribution < 1.29 is 0 Å². The van der Waals surface area contributed by atoms with Crippen molar-refractivity contribution in [3.05, 3.63) is 53.6 Å². The summed E-state index contributed by atoms with van der Waals surface area (Å²) in [6.45, 7) is 0. The summed E-state index contributed by atoms with van der Waals surface area (Å²) in [5.74, 6) is 1.66. The van der Waals surface area contributed by atoms with Crippen molar-refractivity contribution in [3.8, 4) is 0 Å². The van der Waals surface area contributed by atoms with Crippen LogP contribution in [0.5, 0.6) is 0 Å². The molecule has 2 atom stereocenters. The topological polar surface area (TPSA) is 0 Å². The lowest BCUT2D eigenvalue weighted by Gasteiger charge is -1.96. The molecular formula is C14H14. The van der Waals surface area contributed by atoms with E-state index >= 15 is 0 Å². The number of hydrogen-bond acceptors (Lipinski definition) is 0. The molecule has 0 nitrogen and oxygen atoms in total. The minimum absolute atomic E-state index is 0.781. The van der Waals surface area contributed by atoms with Gasteiger partial charge < -0.3 is 0 Å². The van der Waals surface area contributed by atoms with Crippen LogP contribution in [0.3, 0.4) is 0 Å². The highest BCUT2D eigenvalue weighted by Crippen LogP contribution is 2.52. The van der Waals surface area contributed by atoms with E-state index in [1.807, 2.05) is 0 Å². The molecule has 2 unspecified atom stereocenters. The Morgan fingerprint density at radius 2 is 2.00 bits per heavy atom. The highest BCUT2D eigenvalue weighted by atomic mass is 14.5. The number of benzene rings is 1. The molecule has 0 aromatic heterocycles. The Labute approximate surface area is 85.0 Å². The van der Waals surface area contributed by atoms with Gasteiger partial charge in [-0.2, -0.15) is 0 Å². The van der Waals surface area contributed by atoms with Gasteiger partial charge in [-0.3, -0.25) is 0 Å². The Kier molecular flexibility index (Phi) is 1.80. The molecule has 0 radical (unpaired) electrons. The van der Waals surface area contributed by atoms with E-state index in [2.05, 4.69) is 48.6 Å². The second-order valence-electron chi connectivity index (χ2n) is 4.19. The Balaban J connectivity index is 1.85. The molecule has 70 valence electrons. The smallest absolute Gasteiger partial charge is 0.00491 e. The molecule has 0 saturated heterocycles. The summed E-state index contributed by atoms with van der Waals surface area (Å²) >= 11 is 0. The predicted molar refractivity (Wildman–Crippen MR) is 59.8 cm³/mol. The van der Waals surface area contributed by atoms with Gasteiger partial charge in [0.1, 0.15) is 0 Å². The maximum atomic E-state index is 2.38. The van der Waals surface area contributed by atoms with Crippen LogP contribution in [0, 0.1) is 11.8 Å². The first-order chi connectivity index (χ1) is 6.95. The SMILES string of the molecule is C1=CC2/C(=C\c3ccccc3)C2CC1. The summed E-state index contributed by atoms with van der Waals surface area (Å²) in [7, 11) is 0. The first kappa shape index (κ1) is 8.05. The Hall–Kier alpha value is -1.30. The fraction of sp³-hybridized carbons (Fsp3) is 0.286. The Morgan fingerprint density at radius 1 is 1.14 bits per heavy atom. The lowest BCUT2D eigenvalue weighted by Crippen LogP contribution is -1.83. The average molecular weight is 182 g/mol. The maximum Gasteiger partial charge on any atom is 0.00491 e. The molecule has 0 amide bonds. The standard InChI is InChI=1S/C14H14/c1-2-6-11(7-3-1)10-14-12-8-4-5-9-13(12)14/h1-4,6-8,10,12-13H,5,9H2/b14-10+. The van der Waals surface area contributed by atoms with Crippen LogP contribution < -0.4 is 0 Å². The van der Waals surface area contributed by atoms with Crippen molar-refractivity contribution in [2.24, 2.45) is 11.8 Å². The normalized spacial score (nSPS) is 31.6. The van der Waals surface area contributed by atoms with E-state index in [9.17, 15) is 0 Å². The van der Waals surface area contributed by atoms with Crippen LogP contribution in [0.15, 0.2) is 48.1 Å². The Morgan fingerprint density at radius 3 is 2.71 bits per heavy atom. The van der Waals surface area contributed by atoms with Gasteiger partial charge in [0.2, 0.25) is 0 Å². The van der Waals surface area contributed by atoms with E-state index in [0.29, 0.717) is 0 Å². The molecule has 2 aliphatic carbocycles.